The summed E-state index contributed by atoms with van der Waals surface area (Å²) < 4.78 is 13.6. The molecule has 0 amide bonds. The fourth-order valence-electron chi connectivity index (χ4n) is 1.94. The Morgan fingerprint density at radius 1 is 0.905 bits per heavy atom. The van der Waals surface area contributed by atoms with Crippen LogP contribution in [-0.2, 0) is 0 Å². The van der Waals surface area contributed by atoms with E-state index in [1.165, 1.54) is 12.1 Å². The van der Waals surface area contributed by atoms with E-state index in [1.54, 1.807) is 12.1 Å². The molecule has 2 aromatic rings. The average Bonchev–Trinajstić information content (AvgIpc) is 2.40. The van der Waals surface area contributed by atoms with Crippen LogP contribution in [-0.4, -0.2) is 0 Å². The lowest BCUT2D eigenvalue weighted by Crippen LogP contribution is -2.08. The van der Waals surface area contributed by atoms with Crippen LogP contribution >= 0.6 is 46.4 Å². The molecule has 0 saturated carbocycles. The highest BCUT2D eigenvalue weighted by Gasteiger charge is 2.15. The van der Waals surface area contributed by atoms with Crippen molar-refractivity contribution in [2.75, 3.05) is 5.32 Å². The second-order valence-corrected chi connectivity index (χ2v) is 6.36. The Hall–Kier alpha value is -0.670. The highest BCUT2D eigenvalue weighted by molar-refractivity contribution is 6.36. The normalized spacial score (nSPS) is 12.3. The van der Waals surface area contributed by atoms with E-state index in [-0.39, 0.29) is 11.1 Å². The van der Waals surface area contributed by atoms with Crippen LogP contribution < -0.4 is 5.32 Å². The average molecular weight is 367 g/mol. The van der Waals surface area contributed by atoms with Crippen molar-refractivity contribution in [3.63, 3.8) is 0 Å². The van der Waals surface area contributed by atoms with E-state index in [0.717, 1.165) is 5.56 Å². The molecule has 0 spiro atoms. The van der Waals surface area contributed by atoms with Crippen molar-refractivity contribution in [3.05, 3.63) is 61.3 Å². The molecule has 1 unspecified atom stereocenters. The molecule has 112 valence electrons. The second-order valence-electron chi connectivity index (χ2n) is 4.74. The molecule has 21 heavy (non-hydrogen) atoms. The predicted molar refractivity (Wildman–Crippen MR) is 89.7 cm³/mol. The monoisotopic (exact) mass is 365 g/mol. The van der Waals surface area contributed by atoms with E-state index < -0.39 is 5.82 Å². The molecule has 2 rings (SSSR count). The first-order chi connectivity index (χ1) is 9.79. The van der Waals surface area contributed by atoms with Gasteiger partial charge in [-0.05, 0) is 49.2 Å². The largest absolute Gasteiger partial charge is 0.377 e. The Kier molecular flexibility index (Phi) is 5.26. The minimum atomic E-state index is -0.516. The number of anilines is 1. The topological polar surface area (TPSA) is 12.0 Å². The summed E-state index contributed by atoms with van der Waals surface area (Å²) in [4.78, 5) is 0. The number of halogens is 5. The van der Waals surface area contributed by atoms with Crippen molar-refractivity contribution >= 4 is 52.1 Å². The highest BCUT2D eigenvalue weighted by Crippen LogP contribution is 2.34. The van der Waals surface area contributed by atoms with Gasteiger partial charge in [-0.2, -0.15) is 0 Å². The quantitative estimate of drug-likeness (QED) is 0.581. The van der Waals surface area contributed by atoms with E-state index in [4.69, 9.17) is 46.4 Å². The third kappa shape index (κ3) is 3.75. The van der Waals surface area contributed by atoms with Crippen molar-refractivity contribution in [2.24, 2.45) is 0 Å². The van der Waals surface area contributed by atoms with Crippen molar-refractivity contribution in [1.29, 1.82) is 0 Å². The lowest BCUT2D eigenvalue weighted by molar-refractivity contribution is 0.624. The number of nitrogens with one attached hydrogen (secondary N) is 1. The van der Waals surface area contributed by atoms with Crippen molar-refractivity contribution < 1.29 is 4.39 Å². The maximum atomic E-state index is 13.6. The molecule has 0 aliphatic rings. The zero-order valence-corrected chi connectivity index (χ0v) is 14.3. The third-order valence-electron chi connectivity index (χ3n) is 3.13. The van der Waals surface area contributed by atoms with E-state index in [2.05, 4.69) is 5.32 Å². The number of hydrogen-bond donors (Lipinski definition) is 1. The Labute approximate surface area is 143 Å². The fraction of sp³-hybridized carbons (Fsp3) is 0.200. The molecule has 1 N–H and O–H groups in total. The van der Waals surface area contributed by atoms with Crippen LogP contribution in [0, 0.1) is 12.7 Å². The van der Waals surface area contributed by atoms with Gasteiger partial charge in [-0.3, -0.25) is 0 Å². The molecule has 0 aliphatic heterocycles. The van der Waals surface area contributed by atoms with Crippen molar-refractivity contribution in [2.45, 2.75) is 19.9 Å². The first-order valence-electron chi connectivity index (χ1n) is 6.16. The van der Waals surface area contributed by atoms with Crippen LogP contribution in [0.15, 0.2) is 24.3 Å². The van der Waals surface area contributed by atoms with Crippen LogP contribution in [0.2, 0.25) is 20.1 Å². The van der Waals surface area contributed by atoms with Gasteiger partial charge in [-0.25, -0.2) is 4.39 Å². The Bertz CT molecular complexity index is 688. The van der Waals surface area contributed by atoms with E-state index in [0.29, 0.717) is 26.3 Å². The van der Waals surface area contributed by atoms with Gasteiger partial charge in [0.2, 0.25) is 0 Å². The van der Waals surface area contributed by atoms with Crippen molar-refractivity contribution in [3.8, 4) is 0 Å². The highest BCUT2D eigenvalue weighted by atomic mass is 35.5. The molecule has 0 bridgehead atoms. The molecular weight excluding hydrogens is 355 g/mol. The molecule has 0 radical (unpaired) electrons. The van der Waals surface area contributed by atoms with E-state index in [9.17, 15) is 4.39 Å². The molecule has 1 nitrogen and oxygen atoms in total. The zero-order valence-electron chi connectivity index (χ0n) is 11.3. The van der Waals surface area contributed by atoms with E-state index >= 15 is 0 Å². The minimum absolute atomic E-state index is 0.00707. The number of benzene rings is 2. The molecule has 0 heterocycles. The molecule has 0 aliphatic carbocycles. The third-order valence-corrected chi connectivity index (χ3v) is 4.46. The molecule has 6 heteroatoms. The molecule has 0 fully saturated rings. The van der Waals surface area contributed by atoms with Crippen LogP contribution in [0.4, 0.5) is 10.1 Å². The molecule has 2 aromatic carbocycles. The minimum Gasteiger partial charge on any atom is -0.377 e. The van der Waals surface area contributed by atoms with Crippen LogP contribution in [0.1, 0.15) is 24.1 Å². The second kappa shape index (κ2) is 6.62. The maximum absolute atomic E-state index is 13.6. The van der Waals surface area contributed by atoms with Gasteiger partial charge in [0, 0.05) is 10.0 Å². The van der Waals surface area contributed by atoms with Gasteiger partial charge >= 0.3 is 0 Å². The first kappa shape index (κ1) is 16.7. The van der Waals surface area contributed by atoms with Crippen molar-refractivity contribution in [1.82, 2.24) is 0 Å². The summed E-state index contributed by atoms with van der Waals surface area (Å²) in [6.07, 6.45) is 0. The van der Waals surface area contributed by atoms with Gasteiger partial charge in [-0.15, -0.1) is 0 Å². The summed E-state index contributed by atoms with van der Waals surface area (Å²) in [6, 6.07) is 5.93. The lowest BCUT2D eigenvalue weighted by Gasteiger charge is -2.19. The van der Waals surface area contributed by atoms with Gasteiger partial charge in [0.05, 0.1) is 21.8 Å². The predicted octanol–water partition coefficient (Wildman–Crippen LogP) is 6.92. The van der Waals surface area contributed by atoms with Crippen LogP contribution in [0.5, 0.6) is 0 Å². The molecule has 0 aromatic heterocycles. The van der Waals surface area contributed by atoms with Gasteiger partial charge < -0.3 is 5.32 Å². The van der Waals surface area contributed by atoms with Gasteiger partial charge in [0.1, 0.15) is 5.82 Å². The maximum Gasteiger partial charge on any atom is 0.142 e. The standard InChI is InChI=1S/C15H12Cl4FN/c1-7-3-13(19)15(6-10(7)16)21-8(2)9-4-14(20)12(18)5-11(9)17/h3-6,8,21H,1-2H3. The lowest BCUT2D eigenvalue weighted by atomic mass is 10.1. The molecular formula is C15H12Cl4FN. The molecule has 0 saturated heterocycles. The summed E-state index contributed by atoms with van der Waals surface area (Å²) >= 11 is 24.1. The summed E-state index contributed by atoms with van der Waals surface area (Å²) in [5.74, 6) is -0.516. The Balaban J connectivity index is 2.32. The summed E-state index contributed by atoms with van der Waals surface area (Å²) in [5.41, 5.74) is 2.13. The molecule has 1 atom stereocenters. The SMILES string of the molecule is Cc1cc(Cl)c(NC(C)c2cc(F)c(Cl)cc2Cl)cc1Cl. The number of rotatable bonds is 3. The van der Waals surface area contributed by atoms with Gasteiger partial charge in [-0.1, -0.05) is 46.4 Å². The van der Waals surface area contributed by atoms with E-state index in [1.807, 2.05) is 13.8 Å². The summed E-state index contributed by atoms with van der Waals surface area (Å²) in [7, 11) is 0. The zero-order chi connectivity index (χ0) is 15.7. The first-order valence-corrected chi connectivity index (χ1v) is 7.67. The summed E-state index contributed by atoms with van der Waals surface area (Å²) in [5, 5.41) is 4.69. The number of hydrogen-bond acceptors (Lipinski definition) is 1. The number of aryl methyl sites for hydroxylation is 1. The van der Waals surface area contributed by atoms with Crippen LogP contribution in [0.25, 0.3) is 0 Å². The Morgan fingerprint density at radius 2 is 1.57 bits per heavy atom. The van der Waals surface area contributed by atoms with Crippen LogP contribution in [0.3, 0.4) is 0 Å². The smallest absolute Gasteiger partial charge is 0.142 e. The fourth-order valence-corrected chi connectivity index (χ4v) is 2.92. The van der Waals surface area contributed by atoms with Gasteiger partial charge in [0.25, 0.3) is 0 Å². The Morgan fingerprint density at radius 3 is 2.24 bits per heavy atom. The van der Waals surface area contributed by atoms with Gasteiger partial charge in [0.15, 0.2) is 0 Å². The summed E-state index contributed by atoms with van der Waals surface area (Å²) in [6.45, 7) is 3.71.